The summed E-state index contributed by atoms with van der Waals surface area (Å²) < 4.78 is 5.46. The molecule has 0 atom stereocenters. The van der Waals surface area contributed by atoms with Crippen LogP contribution in [0.25, 0.3) is 0 Å². The summed E-state index contributed by atoms with van der Waals surface area (Å²) >= 11 is 0. The van der Waals surface area contributed by atoms with E-state index in [1.807, 2.05) is 6.92 Å². The summed E-state index contributed by atoms with van der Waals surface area (Å²) in [5, 5.41) is 0. The number of rotatable bonds is 3. The van der Waals surface area contributed by atoms with Crippen molar-refractivity contribution < 1.29 is 4.74 Å². The lowest BCUT2D eigenvalue weighted by molar-refractivity contribution is 0.322. The fraction of sp³-hybridized carbons (Fsp3) is 0.545. The molecule has 1 aromatic heterocycles. The van der Waals surface area contributed by atoms with Crippen LogP contribution >= 0.6 is 0 Å². The Morgan fingerprint density at radius 1 is 1.50 bits per heavy atom. The number of aryl methyl sites for hydroxylation is 2. The molecular formula is C11H16N2O. The van der Waals surface area contributed by atoms with Crippen molar-refractivity contribution in [3.8, 4) is 5.88 Å². The van der Waals surface area contributed by atoms with E-state index in [0.717, 1.165) is 24.3 Å². The van der Waals surface area contributed by atoms with E-state index in [2.05, 4.69) is 11.1 Å². The molecule has 0 spiro atoms. The van der Waals surface area contributed by atoms with Gasteiger partial charge >= 0.3 is 0 Å². The highest BCUT2D eigenvalue weighted by Crippen LogP contribution is 2.26. The number of hydrogen-bond acceptors (Lipinski definition) is 3. The lowest BCUT2D eigenvalue weighted by atomic mass is 10.1. The molecule has 1 heterocycles. The van der Waals surface area contributed by atoms with Crippen LogP contribution < -0.4 is 10.5 Å². The summed E-state index contributed by atoms with van der Waals surface area (Å²) in [5.74, 6) is 0.732. The molecule has 1 aromatic rings. The summed E-state index contributed by atoms with van der Waals surface area (Å²) in [5.41, 5.74) is 9.24. The lowest BCUT2D eigenvalue weighted by Crippen LogP contribution is -2.06. The highest BCUT2D eigenvalue weighted by atomic mass is 16.5. The van der Waals surface area contributed by atoms with Gasteiger partial charge in [-0.05, 0) is 37.8 Å². The molecular weight excluding hydrogens is 176 g/mol. The van der Waals surface area contributed by atoms with Crippen LogP contribution in [0.3, 0.4) is 0 Å². The third-order valence-electron chi connectivity index (χ3n) is 2.59. The third kappa shape index (κ3) is 1.60. The molecule has 14 heavy (non-hydrogen) atoms. The van der Waals surface area contributed by atoms with Gasteiger partial charge in [-0.25, -0.2) is 4.98 Å². The molecule has 1 aliphatic rings. The predicted molar refractivity (Wildman–Crippen MR) is 55.3 cm³/mol. The molecule has 3 nitrogen and oxygen atoms in total. The smallest absolute Gasteiger partial charge is 0.218 e. The average Bonchev–Trinajstić information content (AvgIpc) is 2.64. The second kappa shape index (κ2) is 3.96. The Balaban J connectivity index is 2.38. The van der Waals surface area contributed by atoms with Gasteiger partial charge in [-0.2, -0.15) is 0 Å². The molecule has 76 valence electrons. The van der Waals surface area contributed by atoms with Gasteiger partial charge in [-0.3, -0.25) is 0 Å². The highest BCUT2D eigenvalue weighted by molar-refractivity contribution is 5.36. The third-order valence-corrected chi connectivity index (χ3v) is 2.59. The zero-order valence-corrected chi connectivity index (χ0v) is 8.55. The van der Waals surface area contributed by atoms with Crippen LogP contribution in [0, 0.1) is 0 Å². The summed E-state index contributed by atoms with van der Waals surface area (Å²) in [7, 11) is 0. The number of nitrogens with zero attached hydrogens (tertiary/aromatic N) is 1. The van der Waals surface area contributed by atoms with Crippen molar-refractivity contribution in [2.45, 2.75) is 32.7 Å². The van der Waals surface area contributed by atoms with Gasteiger partial charge in [0.25, 0.3) is 0 Å². The molecule has 1 aliphatic carbocycles. The maximum atomic E-state index is 5.65. The molecule has 0 aromatic carbocycles. The van der Waals surface area contributed by atoms with Gasteiger partial charge in [0.1, 0.15) is 0 Å². The van der Waals surface area contributed by atoms with Crippen LogP contribution in [0.5, 0.6) is 5.88 Å². The van der Waals surface area contributed by atoms with E-state index in [9.17, 15) is 0 Å². The van der Waals surface area contributed by atoms with Gasteiger partial charge in [0, 0.05) is 17.8 Å². The number of aromatic nitrogens is 1. The first-order valence-corrected chi connectivity index (χ1v) is 5.19. The van der Waals surface area contributed by atoms with E-state index in [4.69, 9.17) is 10.5 Å². The SMILES string of the molecule is CCOc1nc2c(cc1CN)CCC2. The minimum Gasteiger partial charge on any atom is -0.478 e. The minimum atomic E-state index is 0.510. The van der Waals surface area contributed by atoms with E-state index in [-0.39, 0.29) is 0 Å². The Bertz CT molecular complexity index is 336. The number of nitrogens with two attached hydrogens (primary N) is 1. The van der Waals surface area contributed by atoms with Crippen LogP contribution in [0.1, 0.15) is 30.2 Å². The number of pyridine rings is 1. The van der Waals surface area contributed by atoms with E-state index in [0.29, 0.717) is 13.2 Å². The van der Waals surface area contributed by atoms with Crippen LogP contribution in [0.15, 0.2) is 6.07 Å². The first-order valence-electron chi connectivity index (χ1n) is 5.19. The van der Waals surface area contributed by atoms with Crippen molar-refractivity contribution in [2.75, 3.05) is 6.61 Å². The molecule has 2 N–H and O–H groups in total. The first-order chi connectivity index (χ1) is 6.85. The fourth-order valence-electron chi connectivity index (χ4n) is 1.91. The molecule has 0 bridgehead atoms. The Morgan fingerprint density at radius 2 is 2.36 bits per heavy atom. The van der Waals surface area contributed by atoms with Gasteiger partial charge < -0.3 is 10.5 Å². The molecule has 0 saturated heterocycles. The largest absolute Gasteiger partial charge is 0.478 e. The van der Waals surface area contributed by atoms with Crippen molar-refractivity contribution in [3.63, 3.8) is 0 Å². The molecule has 3 heteroatoms. The molecule has 0 aliphatic heterocycles. The van der Waals surface area contributed by atoms with Crippen molar-refractivity contribution in [1.29, 1.82) is 0 Å². The predicted octanol–water partition coefficient (Wildman–Crippen LogP) is 1.43. The van der Waals surface area contributed by atoms with Crippen LogP contribution in [-0.2, 0) is 19.4 Å². The monoisotopic (exact) mass is 192 g/mol. The summed E-state index contributed by atoms with van der Waals surface area (Å²) in [6.45, 7) is 3.13. The van der Waals surface area contributed by atoms with Gasteiger partial charge in [0.05, 0.1) is 6.61 Å². The molecule has 0 unspecified atom stereocenters. The number of fused-ring (bicyclic) bond motifs is 1. The second-order valence-corrected chi connectivity index (χ2v) is 3.55. The second-order valence-electron chi connectivity index (χ2n) is 3.55. The minimum absolute atomic E-state index is 0.510. The van der Waals surface area contributed by atoms with Crippen LogP contribution in [0.4, 0.5) is 0 Å². The number of hydrogen-bond donors (Lipinski definition) is 1. The van der Waals surface area contributed by atoms with E-state index in [1.54, 1.807) is 0 Å². The normalized spacial score (nSPS) is 14.1. The van der Waals surface area contributed by atoms with Gasteiger partial charge in [-0.1, -0.05) is 0 Å². The van der Waals surface area contributed by atoms with Crippen molar-refractivity contribution >= 4 is 0 Å². The molecule has 2 rings (SSSR count). The van der Waals surface area contributed by atoms with Crippen molar-refractivity contribution in [3.05, 3.63) is 22.9 Å². The number of ether oxygens (including phenoxy) is 1. The van der Waals surface area contributed by atoms with Gasteiger partial charge in [-0.15, -0.1) is 0 Å². The van der Waals surface area contributed by atoms with E-state index >= 15 is 0 Å². The fourth-order valence-corrected chi connectivity index (χ4v) is 1.91. The zero-order valence-electron chi connectivity index (χ0n) is 8.55. The molecule has 0 fully saturated rings. The Labute approximate surface area is 84.3 Å². The average molecular weight is 192 g/mol. The Hall–Kier alpha value is -1.09. The lowest BCUT2D eigenvalue weighted by Gasteiger charge is -2.09. The maximum Gasteiger partial charge on any atom is 0.218 e. The quantitative estimate of drug-likeness (QED) is 0.788. The van der Waals surface area contributed by atoms with Crippen LogP contribution in [0.2, 0.25) is 0 Å². The Kier molecular flexibility index (Phi) is 2.68. The Morgan fingerprint density at radius 3 is 3.07 bits per heavy atom. The first kappa shape index (κ1) is 9.46. The highest BCUT2D eigenvalue weighted by Gasteiger charge is 2.16. The topological polar surface area (TPSA) is 48.1 Å². The molecule has 0 saturated carbocycles. The van der Waals surface area contributed by atoms with Crippen LogP contribution in [-0.4, -0.2) is 11.6 Å². The van der Waals surface area contributed by atoms with E-state index < -0.39 is 0 Å². The standard InChI is InChI=1S/C11H16N2O/c1-2-14-11-9(7-12)6-8-4-3-5-10(8)13-11/h6H,2-5,7,12H2,1H3. The van der Waals surface area contributed by atoms with Crippen molar-refractivity contribution in [1.82, 2.24) is 4.98 Å². The summed E-state index contributed by atoms with van der Waals surface area (Å²) in [6, 6.07) is 2.15. The molecule has 0 amide bonds. The van der Waals surface area contributed by atoms with Gasteiger partial charge in [0.2, 0.25) is 5.88 Å². The van der Waals surface area contributed by atoms with E-state index in [1.165, 1.54) is 17.7 Å². The van der Waals surface area contributed by atoms with Crippen molar-refractivity contribution in [2.24, 2.45) is 5.73 Å². The summed E-state index contributed by atoms with van der Waals surface area (Å²) in [4.78, 5) is 4.51. The summed E-state index contributed by atoms with van der Waals surface area (Å²) in [6.07, 6.45) is 3.43. The van der Waals surface area contributed by atoms with Gasteiger partial charge in [0.15, 0.2) is 0 Å². The molecule has 0 radical (unpaired) electrons. The maximum absolute atomic E-state index is 5.65. The zero-order chi connectivity index (χ0) is 9.97.